The summed E-state index contributed by atoms with van der Waals surface area (Å²) in [6, 6.07) is 7.96. The third-order valence-electron chi connectivity index (χ3n) is 4.31. The highest BCUT2D eigenvalue weighted by atomic mass is 16.5. The van der Waals surface area contributed by atoms with Crippen LogP contribution in [0.4, 0.5) is 0 Å². The molecule has 1 aromatic carbocycles. The Morgan fingerprint density at radius 3 is 2.90 bits per heavy atom. The van der Waals surface area contributed by atoms with Gasteiger partial charge in [-0.2, -0.15) is 0 Å². The molecular formula is C16H23NO3. The van der Waals surface area contributed by atoms with Crippen LogP contribution in [0.5, 0.6) is 5.75 Å². The van der Waals surface area contributed by atoms with E-state index < -0.39 is 5.60 Å². The second-order valence-electron chi connectivity index (χ2n) is 5.44. The van der Waals surface area contributed by atoms with Crippen molar-refractivity contribution in [1.29, 1.82) is 0 Å². The highest BCUT2D eigenvalue weighted by Gasteiger charge is 2.41. The molecule has 1 aliphatic rings. The van der Waals surface area contributed by atoms with E-state index in [4.69, 9.17) is 9.47 Å². The van der Waals surface area contributed by atoms with Crippen molar-refractivity contribution in [3.8, 4) is 5.75 Å². The van der Waals surface area contributed by atoms with E-state index in [9.17, 15) is 4.79 Å². The molecule has 1 saturated heterocycles. The van der Waals surface area contributed by atoms with Gasteiger partial charge in [0.25, 0.3) is 0 Å². The Kier molecular flexibility index (Phi) is 4.33. The molecule has 1 amide bonds. The van der Waals surface area contributed by atoms with E-state index in [-0.39, 0.29) is 18.4 Å². The Bertz CT molecular complexity index is 488. The Morgan fingerprint density at radius 2 is 2.25 bits per heavy atom. The molecule has 4 heteroatoms. The van der Waals surface area contributed by atoms with Gasteiger partial charge in [-0.05, 0) is 24.1 Å². The highest BCUT2D eigenvalue weighted by molar-refractivity contribution is 5.77. The normalized spacial score (nSPS) is 27.3. The molecule has 0 aliphatic carbocycles. The van der Waals surface area contributed by atoms with Crippen molar-refractivity contribution >= 4 is 5.91 Å². The van der Waals surface area contributed by atoms with Crippen molar-refractivity contribution < 1.29 is 14.3 Å². The second kappa shape index (κ2) is 5.83. The van der Waals surface area contributed by atoms with Crippen LogP contribution >= 0.6 is 0 Å². The summed E-state index contributed by atoms with van der Waals surface area (Å²) in [5.74, 6) is 1.07. The maximum absolute atomic E-state index is 11.9. The lowest BCUT2D eigenvalue weighted by molar-refractivity contribution is -0.138. The molecule has 1 heterocycles. The molecule has 2 atom stereocenters. The van der Waals surface area contributed by atoms with Gasteiger partial charge in [-0.25, -0.2) is 0 Å². The fourth-order valence-electron chi connectivity index (χ4n) is 3.01. The zero-order valence-corrected chi connectivity index (χ0v) is 12.7. The number of amides is 1. The van der Waals surface area contributed by atoms with E-state index in [1.165, 1.54) is 0 Å². The average molecular weight is 277 g/mol. The molecule has 0 aromatic heterocycles. The first-order chi connectivity index (χ1) is 9.53. The van der Waals surface area contributed by atoms with Crippen LogP contribution in [-0.4, -0.2) is 38.1 Å². The van der Waals surface area contributed by atoms with Gasteiger partial charge in [0.15, 0.2) is 0 Å². The molecule has 1 fully saturated rings. The summed E-state index contributed by atoms with van der Waals surface area (Å²) in [5, 5.41) is 0. The zero-order valence-electron chi connectivity index (χ0n) is 12.7. The lowest BCUT2D eigenvalue weighted by atomic mass is 9.79. The number of rotatable bonds is 3. The monoisotopic (exact) mass is 277 g/mol. The van der Waals surface area contributed by atoms with Crippen LogP contribution in [0.3, 0.4) is 0 Å². The standard InChI is InChI=1S/C16H23NO3/c1-5-16(13-7-6-8-14(9-13)19-4)12(2)10-17(3)15(18)11-20-16/h6-9,12H,5,10-11H2,1-4H3. The molecule has 0 spiro atoms. The lowest BCUT2D eigenvalue weighted by Crippen LogP contribution is -2.38. The SMILES string of the molecule is CCC1(c2cccc(OC)c2)OCC(=O)N(C)CC1C. The Morgan fingerprint density at radius 1 is 1.50 bits per heavy atom. The maximum Gasteiger partial charge on any atom is 0.248 e. The summed E-state index contributed by atoms with van der Waals surface area (Å²) in [4.78, 5) is 13.6. The minimum absolute atomic E-state index is 0.0371. The number of carbonyl (C=O) groups excluding carboxylic acids is 1. The first-order valence-corrected chi connectivity index (χ1v) is 7.06. The van der Waals surface area contributed by atoms with E-state index in [1.54, 1.807) is 12.0 Å². The summed E-state index contributed by atoms with van der Waals surface area (Å²) >= 11 is 0. The van der Waals surface area contributed by atoms with Gasteiger partial charge >= 0.3 is 0 Å². The highest BCUT2D eigenvalue weighted by Crippen LogP contribution is 2.40. The number of benzene rings is 1. The molecule has 1 aromatic rings. The van der Waals surface area contributed by atoms with Crippen molar-refractivity contribution in [2.24, 2.45) is 5.92 Å². The molecule has 0 radical (unpaired) electrons. The average Bonchev–Trinajstić information content (AvgIpc) is 2.58. The van der Waals surface area contributed by atoms with Gasteiger partial charge < -0.3 is 14.4 Å². The van der Waals surface area contributed by atoms with Gasteiger partial charge in [-0.3, -0.25) is 4.79 Å². The topological polar surface area (TPSA) is 38.8 Å². The summed E-state index contributed by atoms with van der Waals surface area (Å²) in [5.41, 5.74) is 0.643. The van der Waals surface area contributed by atoms with E-state index in [0.717, 1.165) is 17.7 Å². The largest absolute Gasteiger partial charge is 0.497 e. The van der Waals surface area contributed by atoms with Gasteiger partial charge in [0.1, 0.15) is 12.4 Å². The van der Waals surface area contributed by atoms with Crippen molar-refractivity contribution in [2.75, 3.05) is 27.3 Å². The second-order valence-corrected chi connectivity index (χ2v) is 5.44. The number of carbonyl (C=O) groups is 1. The molecule has 0 saturated carbocycles. The van der Waals surface area contributed by atoms with Crippen LogP contribution in [0.15, 0.2) is 24.3 Å². The maximum atomic E-state index is 11.9. The fraction of sp³-hybridized carbons (Fsp3) is 0.562. The number of hydrogen-bond acceptors (Lipinski definition) is 3. The van der Waals surface area contributed by atoms with Crippen LogP contribution in [0.2, 0.25) is 0 Å². The Hall–Kier alpha value is -1.55. The smallest absolute Gasteiger partial charge is 0.248 e. The van der Waals surface area contributed by atoms with E-state index >= 15 is 0 Å². The molecule has 0 bridgehead atoms. The molecule has 0 N–H and O–H groups in total. The molecule has 4 nitrogen and oxygen atoms in total. The van der Waals surface area contributed by atoms with E-state index in [0.29, 0.717) is 6.54 Å². The fourth-order valence-corrected chi connectivity index (χ4v) is 3.01. The van der Waals surface area contributed by atoms with Crippen molar-refractivity contribution in [2.45, 2.75) is 25.9 Å². The van der Waals surface area contributed by atoms with E-state index in [2.05, 4.69) is 19.9 Å². The van der Waals surface area contributed by atoms with Crippen LogP contribution in [0.25, 0.3) is 0 Å². The number of likely N-dealkylation sites (N-methyl/N-ethyl adjacent to an activating group) is 1. The predicted molar refractivity (Wildman–Crippen MR) is 77.7 cm³/mol. The summed E-state index contributed by atoms with van der Waals surface area (Å²) < 4.78 is 11.4. The van der Waals surface area contributed by atoms with Crippen LogP contribution in [-0.2, 0) is 15.1 Å². The minimum Gasteiger partial charge on any atom is -0.497 e. The molecule has 110 valence electrons. The molecule has 2 unspecified atom stereocenters. The summed E-state index contributed by atoms with van der Waals surface area (Å²) in [7, 11) is 3.49. The molecular weight excluding hydrogens is 254 g/mol. The molecule has 1 aliphatic heterocycles. The predicted octanol–water partition coefficient (Wildman–Crippen LogP) is 2.43. The van der Waals surface area contributed by atoms with Crippen molar-refractivity contribution in [3.63, 3.8) is 0 Å². The van der Waals surface area contributed by atoms with Crippen molar-refractivity contribution in [1.82, 2.24) is 4.90 Å². The number of methoxy groups -OCH3 is 1. The van der Waals surface area contributed by atoms with Crippen LogP contribution in [0, 0.1) is 5.92 Å². The third-order valence-corrected chi connectivity index (χ3v) is 4.31. The Balaban J connectivity index is 2.43. The van der Waals surface area contributed by atoms with Gasteiger partial charge in [-0.1, -0.05) is 26.0 Å². The van der Waals surface area contributed by atoms with Gasteiger partial charge in [-0.15, -0.1) is 0 Å². The van der Waals surface area contributed by atoms with Gasteiger partial charge in [0.05, 0.1) is 12.7 Å². The van der Waals surface area contributed by atoms with Crippen LogP contribution < -0.4 is 4.74 Å². The van der Waals surface area contributed by atoms with E-state index in [1.807, 2.05) is 25.2 Å². The van der Waals surface area contributed by atoms with Gasteiger partial charge in [0, 0.05) is 19.5 Å². The number of nitrogens with zero attached hydrogens (tertiary/aromatic N) is 1. The zero-order chi connectivity index (χ0) is 14.8. The lowest BCUT2D eigenvalue weighted by Gasteiger charge is -2.37. The van der Waals surface area contributed by atoms with Crippen LogP contribution in [0.1, 0.15) is 25.8 Å². The summed E-state index contributed by atoms with van der Waals surface area (Å²) in [6.45, 7) is 5.07. The quantitative estimate of drug-likeness (QED) is 0.851. The first-order valence-electron chi connectivity index (χ1n) is 7.06. The number of hydrogen-bond donors (Lipinski definition) is 0. The Labute approximate surface area is 120 Å². The summed E-state index contributed by atoms with van der Waals surface area (Å²) in [6.07, 6.45) is 0.822. The first kappa shape index (κ1) is 14.9. The molecule has 20 heavy (non-hydrogen) atoms. The molecule has 2 rings (SSSR count). The van der Waals surface area contributed by atoms with Gasteiger partial charge in [0.2, 0.25) is 5.91 Å². The van der Waals surface area contributed by atoms with Crippen molar-refractivity contribution in [3.05, 3.63) is 29.8 Å². The number of ether oxygens (including phenoxy) is 2. The third kappa shape index (κ3) is 2.52. The minimum atomic E-state index is -0.436.